The van der Waals surface area contributed by atoms with Crippen molar-refractivity contribution in [3.05, 3.63) is 105 Å². The van der Waals surface area contributed by atoms with Crippen LogP contribution in [0, 0.1) is 18.3 Å². The minimum absolute atomic E-state index is 0.0196. The number of tetrazole rings is 1. The molecule has 0 unspecified atom stereocenters. The maximum Gasteiger partial charge on any atom is 0.455 e. The van der Waals surface area contributed by atoms with Crippen LogP contribution in [0.3, 0.4) is 0 Å². The molecule has 0 saturated heterocycles. The van der Waals surface area contributed by atoms with E-state index in [9.17, 15) is 28.0 Å². The molecule has 2 N–H and O–H groups in total. The molecule has 3 heterocycles. The number of benzene rings is 3. The van der Waals surface area contributed by atoms with Gasteiger partial charge in [0.25, 0.3) is 17.6 Å². The van der Waals surface area contributed by atoms with Crippen molar-refractivity contribution in [2.45, 2.75) is 26.2 Å². The zero-order valence-corrected chi connectivity index (χ0v) is 24.9. The topological polar surface area (TPSA) is 162 Å². The van der Waals surface area contributed by atoms with Gasteiger partial charge in [-0.1, -0.05) is 29.8 Å². The molecule has 2 amide bonds. The summed E-state index contributed by atoms with van der Waals surface area (Å²) >= 11 is 6.40. The summed E-state index contributed by atoms with van der Waals surface area (Å²) in [6.45, 7) is 1.47. The molecule has 0 radical (unpaired) electrons. The number of alkyl halides is 3. The van der Waals surface area contributed by atoms with Crippen molar-refractivity contribution in [3.8, 4) is 23.3 Å². The van der Waals surface area contributed by atoms with E-state index in [2.05, 4.69) is 31.1 Å². The minimum atomic E-state index is -4.80. The normalized spacial score (nSPS) is 12.1. The van der Waals surface area contributed by atoms with Gasteiger partial charge in [0, 0.05) is 6.54 Å². The number of ether oxygens (including phenoxy) is 2. The number of nitriles is 1. The Kier molecular flexibility index (Phi) is 8.22. The summed E-state index contributed by atoms with van der Waals surface area (Å²) in [5.74, 6) is -1.60. The van der Waals surface area contributed by atoms with E-state index in [4.69, 9.17) is 21.1 Å². The number of hydrogen-bond donors (Lipinski definition) is 2. The first-order valence-corrected chi connectivity index (χ1v) is 14.1. The van der Waals surface area contributed by atoms with Gasteiger partial charge in [-0.05, 0) is 65.7 Å². The van der Waals surface area contributed by atoms with E-state index in [0.717, 1.165) is 5.56 Å². The Morgan fingerprint density at radius 1 is 1.04 bits per heavy atom. The first-order chi connectivity index (χ1) is 22.5. The van der Waals surface area contributed by atoms with E-state index in [1.165, 1.54) is 22.9 Å². The molecule has 238 valence electrons. The smallest absolute Gasteiger partial charge is 0.454 e. The molecule has 1 aliphatic heterocycles. The number of anilines is 1. The average molecular weight is 664 g/mol. The van der Waals surface area contributed by atoms with Crippen LogP contribution in [-0.4, -0.2) is 48.6 Å². The molecular weight excluding hydrogens is 643 g/mol. The van der Waals surface area contributed by atoms with Crippen LogP contribution in [0.2, 0.25) is 5.02 Å². The Morgan fingerprint density at radius 2 is 1.83 bits per heavy atom. The van der Waals surface area contributed by atoms with Gasteiger partial charge >= 0.3 is 6.18 Å². The third kappa shape index (κ3) is 6.56. The van der Waals surface area contributed by atoms with Crippen molar-refractivity contribution >= 4 is 29.1 Å². The average Bonchev–Trinajstić information content (AvgIpc) is 3.81. The maximum atomic E-state index is 13.9. The number of amides is 2. The molecule has 0 spiro atoms. The molecular formula is C30H21ClF3N9O4. The summed E-state index contributed by atoms with van der Waals surface area (Å²) in [5.41, 5.74) is 1.81. The van der Waals surface area contributed by atoms with Crippen LogP contribution >= 0.6 is 11.6 Å². The molecule has 0 bridgehead atoms. The van der Waals surface area contributed by atoms with Crippen LogP contribution in [0.5, 0.6) is 11.5 Å². The first-order valence-electron chi connectivity index (χ1n) is 13.7. The number of rotatable bonds is 8. The van der Waals surface area contributed by atoms with Gasteiger partial charge in [-0.25, -0.2) is 4.68 Å². The van der Waals surface area contributed by atoms with Crippen molar-refractivity contribution in [2.24, 2.45) is 0 Å². The second kappa shape index (κ2) is 12.4. The van der Waals surface area contributed by atoms with E-state index in [0.29, 0.717) is 27.5 Å². The van der Waals surface area contributed by atoms with Gasteiger partial charge in [-0.2, -0.15) is 28.3 Å². The van der Waals surface area contributed by atoms with Crippen molar-refractivity contribution in [2.75, 3.05) is 12.1 Å². The van der Waals surface area contributed by atoms with Crippen molar-refractivity contribution in [3.63, 3.8) is 0 Å². The SMILES string of the molecule is Cc1cc(C#N)cc(C(=O)NCc2ccc3c(c2)OCO3)c1NC(=O)c1cc(Cn2nnc(C(F)(F)F)n2)nn1-c1ccccc1Cl. The zero-order valence-electron chi connectivity index (χ0n) is 24.2. The number of carbonyl (C=O) groups is 2. The molecule has 17 heteroatoms. The molecule has 0 aliphatic carbocycles. The zero-order chi connectivity index (χ0) is 33.3. The number of nitrogens with one attached hydrogen (secondary N) is 2. The molecule has 13 nitrogen and oxygen atoms in total. The predicted octanol–water partition coefficient (Wildman–Crippen LogP) is 4.67. The van der Waals surface area contributed by atoms with E-state index < -0.39 is 23.8 Å². The highest BCUT2D eigenvalue weighted by Crippen LogP contribution is 2.33. The predicted molar refractivity (Wildman–Crippen MR) is 158 cm³/mol. The Hall–Kier alpha value is -5.95. The fraction of sp³-hybridized carbons (Fsp3) is 0.167. The van der Waals surface area contributed by atoms with Crippen molar-refractivity contribution < 1.29 is 32.2 Å². The number of hydrogen-bond acceptors (Lipinski definition) is 9. The Morgan fingerprint density at radius 3 is 2.57 bits per heavy atom. The van der Waals surface area contributed by atoms with Crippen LogP contribution in [0.25, 0.3) is 5.69 Å². The van der Waals surface area contributed by atoms with Crippen LogP contribution < -0.4 is 20.1 Å². The lowest BCUT2D eigenvalue weighted by molar-refractivity contribution is -0.145. The maximum absolute atomic E-state index is 13.9. The number of aromatic nitrogens is 6. The monoisotopic (exact) mass is 663 g/mol. The van der Waals surface area contributed by atoms with Crippen LogP contribution in [-0.2, 0) is 19.3 Å². The van der Waals surface area contributed by atoms with Crippen LogP contribution in [0.1, 0.15) is 49.1 Å². The highest BCUT2D eigenvalue weighted by Gasteiger charge is 2.37. The van der Waals surface area contributed by atoms with E-state index in [1.807, 2.05) is 6.07 Å². The number of fused-ring (bicyclic) bond motifs is 1. The molecule has 0 fully saturated rings. The second-order valence-electron chi connectivity index (χ2n) is 10.2. The highest BCUT2D eigenvalue weighted by molar-refractivity contribution is 6.32. The number of halogens is 4. The lowest BCUT2D eigenvalue weighted by Gasteiger charge is -2.16. The number of nitrogens with zero attached hydrogens (tertiary/aromatic N) is 7. The first kappa shape index (κ1) is 31.0. The number of aryl methyl sites for hydroxylation is 1. The standard InChI is InChI=1S/C30H21ClF3N9O4/c1-16-8-18(12-35)9-20(27(44)36-13-17-6-7-24-25(10-17)47-15-46-24)26(16)37-28(45)23-11-19(14-42-40-29(38-41-42)30(32,33)34)39-43(23)22-5-3-2-4-21(22)31/h2-11H,13-15H2,1H3,(H,36,44)(H,37,45). The molecule has 0 atom stereocenters. The Balaban J connectivity index is 1.31. The van der Waals surface area contributed by atoms with E-state index in [-0.39, 0.29) is 53.1 Å². The molecule has 2 aromatic heterocycles. The molecule has 1 aliphatic rings. The summed E-state index contributed by atoms with van der Waals surface area (Å²) in [4.78, 5) is 28.0. The minimum Gasteiger partial charge on any atom is -0.454 e. The van der Waals surface area contributed by atoms with Crippen molar-refractivity contribution in [1.29, 1.82) is 5.26 Å². The summed E-state index contributed by atoms with van der Waals surface area (Å²) in [6, 6.07) is 17.9. The summed E-state index contributed by atoms with van der Waals surface area (Å²) < 4.78 is 51.0. The van der Waals surface area contributed by atoms with E-state index >= 15 is 0 Å². The molecule has 6 rings (SSSR count). The summed E-state index contributed by atoms with van der Waals surface area (Å²) in [6.07, 6.45) is -4.80. The quantitative estimate of drug-likeness (QED) is 0.240. The molecule has 47 heavy (non-hydrogen) atoms. The van der Waals surface area contributed by atoms with E-state index in [1.54, 1.807) is 49.4 Å². The summed E-state index contributed by atoms with van der Waals surface area (Å²) in [5, 5.41) is 29.5. The largest absolute Gasteiger partial charge is 0.455 e. The Labute approximate surface area is 268 Å². The lowest BCUT2D eigenvalue weighted by atomic mass is 10.0. The molecule has 0 saturated carbocycles. The fourth-order valence-electron chi connectivity index (χ4n) is 4.75. The molecule has 5 aromatic rings. The van der Waals surface area contributed by atoms with Gasteiger partial charge in [0.05, 0.1) is 39.3 Å². The molecule has 3 aromatic carbocycles. The third-order valence-corrected chi connectivity index (χ3v) is 7.24. The van der Waals surface area contributed by atoms with Gasteiger partial charge in [0.2, 0.25) is 6.79 Å². The van der Waals surface area contributed by atoms with Crippen LogP contribution in [0.15, 0.2) is 60.7 Å². The van der Waals surface area contributed by atoms with Gasteiger partial charge in [0.15, 0.2) is 11.5 Å². The second-order valence-corrected chi connectivity index (χ2v) is 10.6. The third-order valence-electron chi connectivity index (χ3n) is 6.92. The van der Waals surface area contributed by atoms with Crippen molar-refractivity contribution in [1.82, 2.24) is 35.3 Å². The fourth-order valence-corrected chi connectivity index (χ4v) is 4.96. The van der Waals surface area contributed by atoms with Gasteiger partial charge < -0.3 is 20.1 Å². The Bertz CT molecular complexity index is 2070. The lowest BCUT2D eigenvalue weighted by Crippen LogP contribution is -2.26. The number of carbonyl (C=O) groups excluding carboxylic acids is 2. The van der Waals surface area contributed by atoms with Gasteiger partial charge in [-0.3, -0.25) is 9.59 Å². The highest BCUT2D eigenvalue weighted by atomic mass is 35.5. The summed E-state index contributed by atoms with van der Waals surface area (Å²) in [7, 11) is 0. The van der Waals surface area contributed by atoms with Gasteiger partial charge in [-0.15, -0.1) is 10.2 Å². The number of para-hydroxylation sites is 1. The van der Waals surface area contributed by atoms with Gasteiger partial charge in [0.1, 0.15) is 12.2 Å². The van der Waals surface area contributed by atoms with Crippen LogP contribution in [0.4, 0.5) is 18.9 Å².